The Morgan fingerprint density at radius 3 is 2.85 bits per heavy atom. The molecule has 20 heavy (non-hydrogen) atoms. The van der Waals surface area contributed by atoms with Gasteiger partial charge in [0.2, 0.25) is 0 Å². The van der Waals surface area contributed by atoms with Gasteiger partial charge in [-0.15, -0.1) is 0 Å². The highest BCUT2D eigenvalue weighted by atomic mass is 19.1. The van der Waals surface area contributed by atoms with Crippen LogP contribution in [0.1, 0.15) is 19.4 Å². The number of hydrogen-bond donors (Lipinski definition) is 1. The van der Waals surface area contributed by atoms with Crippen LogP contribution in [0.3, 0.4) is 0 Å². The maximum absolute atomic E-state index is 13.8. The number of methoxy groups -OCH3 is 1. The maximum Gasteiger partial charge on any atom is 0.165 e. The molecule has 2 heterocycles. The summed E-state index contributed by atoms with van der Waals surface area (Å²) in [5.41, 5.74) is 1.19. The second-order valence-electron chi connectivity index (χ2n) is 6.53. The fourth-order valence-corrected chi connectivity index (χ4v) is 3.80. The minimum Gasteiger partial charge on any atom is -0.494 e. The van der Waals surface area contributed by atoms with E-state index in [9.17, 15) is 4.39 Å². The molecule has 0 bridgehead atoms. The van der Waals surface area contributed by atoms with Gasteiger partial charge in [-0.25, -0.2) is 4.39 Å². The zero-order valence-corrected chi connectivity index (χ0v) is 12.4. The highest BCUT2D eigenvalue weighted by Gasteiger charge is 2.49. The summed E-state index contributed by atoms with van der Waals surface area (Å²) in [6, 6.07) is 5.28. The van der Waals surface area contributed by atoms with Gasteiger partial charge in [0.05, 0.1) is 7.11 Å². The summed E-state index contributed by atoms with van der Waals surface area (Å²) in [6.45, 7) is 8.74. The lowest BCUT2D eigenvalue weighted by Crippen LogP contribution is -2.43. The summed E-state index contributed by atoms with van der Waals surface area (Å²) in [4.78, 5) is 2.49. The van der Waals surface area contributed by atoms with Crippen LogP contribution in [0.25, 0.3) is 0 Å². The molecule has 2 aliphatic rings. The average molecular weight is 278 g/mol. The van der Waals surface area contributed by atoms with E-state index >= 15 is 0 Å². The van der Waals surface area contributed by atoms with Crippen molar-refractivity contribution in [2.24, 2.45) is 11.8 Å². The molecule has 3 nitrogen and oxygen atoms in total. The van der Waals surface area contributed by atoms with E-state index in [2.05, 4.69) is 24.1 Å². The first-order valence-corrected chi connectivity index (χ1v) is 7.30. The van der Waals surface area contributed by atoms with Gasteiger partial charge >= 0.3 is 0 Å². The van der Waals surface area contributed by atoms with Gasteiger partial charge in [0.25, 0.3) is 0 Å². The van der Waals surface area contributed by atoms with Gasteiger partial charge in [-0.2, -0.15) is 0 Å². The van der Waals surface area contributed by atoms with Gasteiger partial charge in [0.15, 0.2) is 11.6 Å². The second-order valence-corrected chi connectivity index (χ2v) is 6.53. The molecule has 1 aromatic rings. The topological polar surface area (TPSA) is 24.5 Å². The molecule has 0 aliphatic carbocycles. The first-order valence-electron chi connectivity index (χ1n) is 7.30. The Morgan fingerprint density at radius 2 is 2.20 bits per heavy atom. The molecule has 1 aromatic carbocycles. The highest BCUT2D eigenvalue weighted by Crippen LogP contribution is 2.41. The normalized spacial score (nSPS) is 28.6. The van der Waals surface area contributed by atoms with E-state index < -0.39 is 0 Å². The minimum absolute atomic E-state index is 0.171. The summed E-state index contributed by atoms with van der Waals surface area (Å²) in [6.07, 6.45) is 0. The number of nitrogens with zero attached hydrogens (tertiary/aromatic N) is 1. The van der Waals surface area contributed by atoms with Gasteiger partial charge in [0, 0.05) is 25.2 Å². The molecular formula is C16H23FN2O. The van der Waals surface area contributed by atoms with E-state index in [1.54, 1.807) is 12.1 Å². The fourth-order valence-electron chi connectivity index (χ4n) is 3.80. The standard InChI is InChI=1S/C16H23FN2O/c1-16(2)13-8-18-7-12(13)10-19(16)9-11-4-5-15(20-3)14(17)6-11/h4-6,12-13,18H,7-10H2,1-3H3. The molecule has 2 fully saturated rings. The lowest BCUT2D eigenvalue weighted by molar-refractivity contribution is 0.132. The van der Waals surface area contributed by atoms with Crippen molar-refractivity contribution in [3.63, 3.8) is 0 Å². The summed E-state index contributed by atoms with van der Waals surface area (Å²) in [7, 11) is 1.50. The lowest BCUT2D eigenvalue weighted by atomic mass is 9.85. The summed E-state index contributed by atoms with van der Waals surface area (Å²) in [5, 5.41) is 3.49. The van der Waals surface area contributed by atoms with Crippen molar-refractivity contribution in [2.75, 3.05) is 26.7 Å². The third kappa shape index (κ3) is 2.21. The number of nitrogens with one attached hydrogen (secondary N) is 1. The predicted molar refractivity (Wildman–Crippen MR) is 77.3 cm³/mol. The van der Waals surface area contributed by atoms with Gasteiger partial charge in [-0.05, 0) is 49.9 Å². The van der Waals surface area contributed by atoms with Gasteiger partial charge < -0.3 is 10.1 Å². The Morgan fingerprint density at radius 1 is 1.40 bits per heavy atom. The van der Waals surface area contributed by atoms with Crippen molar-refractivity contribution in [1.82, 2.24) is 10.2 Å². The van der Waals surface area contributed by atoms with E-state index in [0.29, 0.717) is 11.7 Å². The smallest absolute Gasteiger partial charge is 0.165 e. The molecule has 0 amide bonds. The van der Waals surface area contributed by atoms with Crippen LogP contribution in [0.2, 0.25) is 0 Å². The van der Waals surface area contributed by atoms with Gasteiger partial charge in [-0.1, -0.05) is 6.07 Å². The summed E-state index contributed by atoms with van der Waals surface area (Å²) < 4.78 is 18.8. The molecule has 3 rings (SSSR count). The molecule has 1 N–H and O–H groups in total. The Hall–Kier alpha value is -1.13. The molecule has 2 atom stereocenters. The predicted octanol–water partition coefficient (Wildman–Crippen LogP) is 2.26. The first-order chi connectivity index (χ1) is 9.52. The third-order valence-corrected chi connectivity index (χ3v) is 5.11. The van der Waals surface area contributed by atoms with Crippen molar-refractivity contribution in [1.29, 1.82) is 0 Å². The largest absolute Gasteiger partial charge is 0.494 e. The van der Waals surface area contributed by atoms with Crippen LogP contribution in [0.4, 0.5) is 4.39 Å². The fraction of sp³-hybridized carbons (Fsp3) is 0.625. The van der Waals surface area contributed by atoms with E-state index in [1.165, 1.54) is 7.11 Å². The molecule has 110 valence electrons. The molecule has 2 saturated heterocycles. The summed E-state index contributed by atoms with van der Waals surface area (Å²) in [5.74, 6) is 1.47. The zero-order valence-electron chi connectivity index (χ0n) is 12.4. The molecule has 2 unspecified atom stereocenters. The number of ether oxygens (including phenoxy) is 1. The van der Waals surface area contributed by atoms with Crippen molar-refractivity contribution in [3.05, 3.63) is 29.6 Å². The summed E-state index contributed by atoms with van der Waals surface area (Å²) >= 11 is 0. The number of likely N-dealkylation sites (tertiary alicyclic amines) is 1. The van der Waals surface area contributed by atoms with E-state index in [4.69, 9.17) is 4.74 Å². The van der Waals surface area contributed by atoms with Crippen molar-refractivity contribution >= 4 is 0 Å². The number of rotatable bonds is 3. The monoisotopic (exact) mass is 278 g/mol. The molecular weight excluding hydrogens is 255 g/mol. The van der Waals surface area contributed by atoms with Crippen molar-refractivity contribution < 1.29 is 9.13 Å². The third-order valence-electron chi connectivity index (χ3n) is 5.11. The van der Waals surface area contributed by atoms with Gasteiger partial charge in [0.1, 0.15) is 0 Å². The Balaban J connectivity index is 1.76. The van der Waals surface area contributed by atoms with Crippen LogP contribution in [0.15, 0.2) is 18.2 Å². The van der Waals surface area contributed by atoms with Gasteiger partial charge in [-0.3, -0.25) is 4.90 Å². The second kappa shape index (κ2) is 5.01. The van der Waals surface area contributed by atoms with Crippen LogP contribution in [-0.2, 0) is 6.54 Å². The molecule has 0 spiro atoms. The molecule has 0 aromatic heterocycles. The number of hydrogen-bond acceptors (Lipinski definition) is 3. The van der Waals surface area contributed by atoms with E-state index in [-0.39, 0.29) is 11.4 Å². The molecule has 4 heteroatoms. The Bertz CT molecular complexity index is 503. The Kier molecular flexibility index (Phi) is 3.46. The quantitative estimate of drug-likeness (QED) is 0.918. The number of fused-ring (bicyclic) bond motifs is 1. The van der Waals surface area contributed by atoms with Crippen molar-refractivity contribution in [2.45, 2.75) is 25.9 Å². The Labute approximate surface area is 120 Å². The van der Waals surface area contributed by atoms with Crippen LogP contribution < -0.4 is 10.1 Å². The lowest BCUT2D eigenvalue weighted by Gasteiger charge is -2.35. The zero-order chi connectivity index (χ0) is 14.3. The first kappa shape index (κ1) is 13.8. The molecule has 2 aliphatic heterocycles. The van der Waals surface area contributed by atoms with Crippen LogP contribution in [-0.4, -0.2) is 37.2 Å². The maximum atomic E-state index is 13.8. The van der Waals surface area contributed by atoms with Crippen molar-refractivity contribution in [3.8, 4) is 5.75 Å². The van der Waals surface area contributed by atoms with Crippen LogP contribution in [0.5, 0.6) is 5.75 Å². The van der Waals surface area contributed by atoms with E-state index in [0.717, 1.165) is 37.7 Å². The average Bonchev–Trinajstić information content (AvgIpc) is 2.94. The molecule has 0 radical (unpaired) electrons. The number of halogens is 1. The number of benzene rings is 1. The van der Waals surface area contributed by atoms with Crippen LogP contribution >= 0.6 is 0 Å². The van der Waals surface area contributed by atoms with E-state index in [1.807, 2.05) is 6.07 Å². The minimum atomic E-state index is -0.274. The van der Waals surface area contributed by atoms with Crippen LogP contribution in [0, 0.1) is 17.7 Å². The molecule has 0 saturated carbocycles. The SMILES string of the molecule is COc1ccc(CN2CC3CNCC3C2(C)C)cc1F. The highest BCUT2D eigenvalue weighted by molar-refractivity contribution is 5.29.